The molecule has 4 aromatic rings. The molecule has 4 rings (SSSR count). The third-order valence-corrected chi connectivity index (χ3v) is 7.36. The van der Waals surface area contributed by atoms with E-state index in [1.807, 2.05) is 29.0 Å². The Morgan fingerprint density at radius 1 is 0.941 bits per heavy atom. The number of nitrogens with zero attached hydrogens (tertiary/aromatic N) is 2. The van der Waals surface area contributed by atoms with Crippen molar-refractivity contribution in [1.82, 2.24) is 9.55 Å². The highest BCUT2D eigenvalue weighted by Gasteiger charge is 2.30. The number of hydrogen-bond donors (Lipinski definition) is 0. The van der Waals surface area contributed by atoms with E-state index in [-0.39, 0.29) is 11.6 Å². The van der Waals surface area contributed by atoms with Crippen LogP contribution in [0.5, 0.6) is 5.75 Å². The fourth-order valence-corrected chi connectivity index (χ4v) is 5.20. The molecule has 1 aromatic heterocycles. The molecule has 1 heterocycles. The van der Waals surface area contributed by atoms with Crippen molar-refractivity contribution in [2.24, 2.45) is 0 Å². The van der Waals surface area contributed by atoms with Crippen molar-refractivity contribution in [1.29, 1.82) is 0 Å². The zero-order valence-electron chi connectivity index (χ0n) is 18.8. The Kier molecular flexibility index (Phi) is 7.22. The van der Waals surface area contributed by atoms with Crippen LogP contribution in [0.2, 0.25) is 10.0 Å². The fourth-order valence-electron chi connectivity index (χ4n) is 3.69. The van der Waals surface area contributed by atoms with Crippen LogP contribution in [0.1, 0.15) is 30.7 Å². The van der Waals surface area contributed by atoms with Crippen molar-refractivity contribution in [3.05, 3.63) is 105 Å². The van der Waals surface area contributed by atoms with Crippen LogP contribution in [-0.4, -0.2) is 16.7 Å². The van der Waals surface area contributed by atoms with Gasteiger partial charge in [0.15, 0.2) is 5.16 Å². The van der Waals surface area contributed by atoms with Crippen molar-refractivity contribution in [3.63, 3.8) is 0 Å². The number of halogens is 4. The van der Waals surface area contributed by atoms with E-state index in [1.54, 1.807) is 25.3 Å². The molecule has 0 unspecified atom stereocenters. The fraction of sp³-hybridized carbons (Fsp3) is 0.192. The predicted octanol–water partition coefficient (Wildman–Crippen LogP) is 8.08. The lowest BCUT2D eigenvalue weighted by atomic mass is 9.81. The van der Waals surface area contributed by atoms with E-state index in [0.29, 0.717) is 26.7 Å². The Hall–Kier alpha value is -2.54. The third-order valence-electron chi connectivity index (χ3n) is 5.70. The molecule has 0 aliphatic heterocycles. The molecule has 3 nitrogen and oxygen atoms in total. The zero-order chi connectivity index (χ0) is 24.5. The minimum atomic E-state index is -0.494. The largest absolute Gasteiger partial charge is 0.495 e. The van der Waals surface area contributed by atoms with Gasteiger partial charge in [0.1, 0.15) is 17.4 Å². The van der Waals surface area contributed by atoms with Crippen LogP contribution >= 0.6 is 35.0 Å². The number of aromatic nitrogens is 2. The van der Waals surface area contributed by atoms with Crippen molar-refractivity contribution in [2.75, 3.05) is 7.11 Å². The van der Waals surface area contributed by atoms with E-state index >= 15 is 0 Å². The van der Waals surface area contributed by atoms with Crippen LogP contribution in [0.3, 0.4) is 0 Å². The summed E-state index contributed by atoms with van der Waals surface area (Å²) in [5.41, 5.74) is 2.96. The van der Waals surface area contributed by atoms with Crippen LogP contribution in [0.25, 0.3) is 5.69 Å². The second-order valence-corrected chi connectivity index (χ2v) is 9.99. The average Bonchev–Trinajstić information content (AvgIpc) is 3.24. The minimum Gasteiger partial charge on any atom is -0.495 e. The van der Waals surface area contributed by atoms with E-state index in [4.69, 9.17) is 27.9 Å². The number of benzene rings is 3. The molecule has 34 heavy (non-hydrogen) atoms. The van der Waals surface area contributed by atoms with Gasteiger partial charge in [0.2, 0.25) is 0 Å². The van der Waals surface area contributed by atoms with Gasteiger partial charge in [0, 0.05) is 21.9 Å². The number of imidazole rings is 1. The van der Waals surface area contributed by atoms with Gasteiger partial charge in [-0.3, -0.25) is 4.57 Å². The number of rotatable bonds is 7. The van der Waals surface area contributed by atoms with E-state index in [9.17, 15) is 8.78 Å². The SMILES string of the molecule is COc1cc(C(C)(C)c2cnc(SCc3ccc(F)cc3Cl)n2-c2ccc(F)cc2)ccc1Cl. The molecular formula is C26H22Cl2F2N2OS. The van der Waals surface area contributed by atoms with E-state index in [1.165, 1.54) is 36.0 Å². The van der Waals surface area contributed by atoms with Crippen molar-refractivity contribution < 1.29 is 13.5 Å². The molecule has 0 saturated heterocycles. The number of hydrogen-bond acceptors (Lipinski definition) is 3. The molecule has 0 amide bonds. The molecule has 0 saturated carbocycles. The summed E-state index contributed by atoms with van der Waals surface area (Å²) in [5, 5.41) is 1.60. The summed E-state index contributed by atoms with van der Waals surface area (Å²) in [7, 11) is 1.58. The van der Waals surface area contributed by atoms with Gasteiger partial charge in [-0.2, -0.15) is 0 Å². The Labute approximate surface area is 211 Å². The van der Waals surface area contributed by atoms with Gasteiger partial charge in [0.25, 0.3) is 0 Å². The number of methoxy groups -OCH3 is 1. The molecule has 0 aliphatic rings. The van der Waals surface area contributed by atoms with Gasteiger partial charge in [-0.1, -0.05) is 60.9 Å². The number of ether oxygens (including phenoxy) is 1. The quantitative estimate of drug-likeness (QED) is 0.231. The smallest absolute Gasteiger partial charge is 0.173 e. The molecular weight excluding hydrogens is 497 g/mol. The summed E-state index contributed by atoms with van der Waals surface area (Å²) in [6.45, 7) is 4.16. The molecule has 0 radical (unpaired) electrons. The average molecular weight is 519 g/mol. The third kappa shape index (κ3) is 4.95. The predicted molar refractivity (Wildman–Crippen MR) is 135 cm³/mol. The maximum atomic E-state index is 13.7. The number of thioether (sulfide) groups is 1. The summed E-state index contributed by atoms with van der Waals surface area (Å²) in [6, 6.07) is 16.3. The minimum absolute atomic E-state index is 0.320. The lowest BCUT2D eigenvalue weighted by Crippen LogP contribution is -2.23. The monoisotopic (exact) mass is 518 g/mol. The molecule has 0 spiro atoms. The van der Waals surface area contributed by atoms with Crippen LogP contribution in [0.4, 0.5) is 8.78 Å². The van der Waals surface area contributed by atoms with Crippen LogP contribution < -0.4 is 4.74 Å². The first-order chi connectivity index (χ1) is 16.2. The highest BCUT2D eigenvalue weighted by Crippen LogP contribution is 2.39. The Morgan fingerprint density at radius 3 is 2.32 bits per heavy atom. The van der Waals surface area contributed by atoms with Crippen molar-refractivity contribution >= 4 is 35.0 Å². The zero-order valence-corrected chi connectivity index (χ0v) is 21.1. The lowest BCUT2D eigenvalue weighted by Gasteiger charge is -2.28. The summed E-state index contributed by atoms with van der Waals surface area (Å²) >= 11 is 13.9. The van der Waals surface area contributed by atoms with Crippen LogP contribution in [-0.2, 0) is 11.2 Å². The topological polar surface area (TPSA) is 27.1 Å². The first-order valence-electron chi connectivity index (χ1n) is 10.5. The molecule has 8 heteroatoms. The molecule has 0 fully saturated rings. The van der Waals surface area contributed by atoms with Gasteiger partial charge in [0.05, 0.1) is 24.0 Å². The molecule has 0 atom stereocenters. The maximum Gasteiger partial charge on any atom is 0.173 e. The summed E-state index contributed by atoms with van der Waals surface area (Å²) in [4.78, 5) is 4.69. The van der Waals surface area contributed by atoms with Crippen molar-refractivity contribution in [3.8, 4) is 11.4 Å². The molecule has 0 N–H and O–H groups in total. The Bertz CT molecular complexity index is 1320. The van der Waals surface area contributed by atoms with E-state index < -0.39 is 5.41 Å². The first-order valence-corrected chi connectivity index (χ1v) is 12.2. The highest BCUT2D eigenvalue weighted by molar-refractivity contribution is 7.98. The first kappa shape index (κ1) is 24.6. The van der Waals surface area contributed by atoms with E-state index in [0.717, 1.165) is 22.5 Å². The molecule has 176 valence electrons. The Balaban J connectivity index is 1.78. The Morgan fingerprint density at radius 2 is 1.65 bits per heavy atom. The van der Waals surface area contributed by atoms with Crippen molar-refractivity contribution in [2.45, 2.75) is 30.2 Å². The van der Waals surface area contributed by atoms with Gasteiger partial charge in [-0.25, -0.2) is 13.8 Å². The summed E-state index contributed by atoms with van der Waals surface area (Å²) in [6.07, 6.45) is 1.82. The van der Waals surface area contributed by atoms with Gasteiger partial charge in [-0.05, 0) is 59.7 Å². The highest BCUT2D eigenvalue weighted by atomic mass is 35.5. The maximum absolute atomic E-state index is 13.7. The second kappa shape index (κ2) is 9.98. The van der Waals surface area contributed by atoms with Crippen LogP contribution in [0.15, 0.2) is 72.0 Å². The summed E-state index contributed by atoms with van der Waals surface area (Å²) in [5.74, 6) is 0.375. The van der Waals surface area contributed by atoms with Gasteiger partial charge >= 0.3 is 0 Å². The second-order valence-electron chi connectivity index (χ2n) is 8.24. The summed E-state index contributed by atoms with van der Waals surface area (Å²) < 4.78 is 34.6. The lowest BCUT2D eigenvalue weighted by molar-refractivity contribution is 0.413. The van der Waals surface area contributed by atoms with Gasteiger partial charge < -0.3 is 4.74 Å². The normalized spacial score (nSPS) is 11.6. The van der Waals surface area contributed by atoms with Crippen LogP contribution in [0, 0.1) is 11.6 Å². The molecule has 0 aliphatic carbocycles. The molecule has 0 bridgehead atoms. The van der Waals surface area contributed by atoms with Gasteiger partial charge in [-0.15, -0.1) is 0 Å². The molecule has 3 aromatic carbocycles. The standard InChI is InChI=1S/C26H22Cl2F2N2OS/c1-26(2,17-5-11-21(27)23(12-17)33-3)24-14-31-25(32(24)20-9-7-18(29)8-10-20)34-15-16-4-6-19(30)13-22(16)28/h4-14H,15H2,1-3H3. The van der Waals surface area contributed by atoms with E-state index in [2.05, 4.69) is 18.8 Å².